The molecule has 2 amide bonds. The first-order valence-electron chi connectivity index (χ1n) is 12.6. The van der Waals surface area contributed by atoms with Gasteiger partial charge in [0.05, 0.1) is 0 Å². The van der Waals surface area contributed by atoms with E-state index in [2.05, 4.69) is 42.2 Å². The summed E-state index contributed by atoms with van der Waals surface area (Å²) in [6.07, 6.45) is 7.56. The SMILES string of the molecule is CN(C)CCCNC(=O)C(c1cccnc1)N(C(=O)[C@H]1CCCN1C#N)c1ccc(C(C)(C)C)cc1. The summed E-state index contributed by atoms with van der Waals surface area (Å²) in [4.78, 5) is 37.1. The van der Waals surface area contributed by atoms with Crippen molar-refractivity contribution in [3.63, 3.8) is 0 Å². The second-order valence-electron chi connectivity index (χ2n) is 10.6. The van der Waals surface area contributed by atoms with Crippen LogP contribution < -0.4 is 10.2 Å². The summed E-state index contributed by atoms with van der Waals surface area (Å²) in [5.41, 5.74) is 2.32. The van der Waals surface area contributed by atoms with Gasteiger partial charge in [0.1, 0.15) is 12.1 Å². The third-order valence-corrected chi connectivity index (χ3v) is 6.50. The molecule has 3 rings (SSSR count). The monoisotopic (exact) mass is 490 g/mol. The predicted molar refractivity (Wildman–Crippen MR) is 141 cm³/mol. The van der Waals surface area contributed by atoms with Gasteiger partial charge in [-0.3, -0.25) is 24.4 Å². The quantitative estimate of drug-likeness (QED) is 0.427. The number of nitriles is 1. The third-order valence-electron chi connectivity index (χ3n) is 6.50. The molecule has 0 saturated carbocycles. The minimum atomic E-state index is -0.910. The van der Waals surface area contributed by atoms with Crippen LogP contribution in [0.25, 0.3) is 0 Å². The number of likely N-dealkylation sites (tertiary alicyclic amines) is 1. The molecule has 2 atom stereocenters. The van der Waals surface area contributed by atoms with Crippen LogP contribution in [0, 0.1) is 11.5 Å². The molecule has 1 aliphatic rings. The summed E-state index contributed by atoms with van der Waals surface area (Å²) in [6, 6.07) is 9.87. The van der Waals surface area contributed by atoms with E-state index >= 15 is 0 Å². The number of aromatic nitrogens is 1. The average molecular weight is 491 g/mol. The van der Waals surface area contributed by atoms with Crippen LogP contribution in [0.1, 0.15) is 57.2 Å². The molecule has 1 aromatic carbocycles. The average Bonchev–Trinajstić information content (AvgIpc) is 3.33. The standard InChI is InChI=1S/C28H38N6O2/c1-28(2,3)22-11-13-23(14-12-22)34(27(36)24-10-7-18-33(24)20-29)25(21-9-6-15-30-19-21)26(35)31-16-8-17-32(4)5/h6,9,11-15,19,24-25H,7-8,10,16-18H2,1-5H3,(H,31,35)/t24-,25?/m1/s1. The fourth-order valence-electron chi connectivity index (χ4n) is 4.49. The molecule has 1 N–H and O–H groups in total. The van der Waals surface area contributed by atoms with Gasteiger partial charge in [0.2, 0.25) is 5.91 Å². The van der Waals surface area contributed by atoms with Gasteiger partial charge in [-0.2, -0.15) is 5.26 Å². The van der Waals surface area contributed by atoms with E-state index in [1.807, 2.05) is 44.4 Å². The molecule has 0 bridgehead atoms. The molecule has 0 radical (unpaired) electrons. The largest absolute Gasteiger partial charge is 0.354 e. The van der Waals surface area contributed by atoms with Gasteiger partial charge in [-0.15, -0.1) is 0 Å². The van der Waals surface area contributed by atoms with Crippen LogP contribution in [-0.2, 0) is 15.0 Å². The van der Waals surface area contributed by atoms with E-state index in [4.69, 9.17) is 0 Å². The lowest BCUT2D eigenvalue weighted by atomic mass is 9.87. The molecule has 2 heterocycles. The minimum Gasteiger partial charge on any atom is -0.354 e. The van der Waals surface area contributed by atoms with Crippen LogP contribution >= 0.6 is 0 Å². The summed E-state index contributed by atoms with van der Waals surface area (Å²) >= 11 is 0. The van der Waals surface area contributed by atoms with Crippen molar-refractivity contribution in [3.05, 3.63) is 59.9 Å². The lowest BCUT2D eigenvalue weighted by Gasteiger charge is -2.34. The maximum atomic E-state index is 14.1. The van der Waals surface area contributed by atoms with E-state index in [9.17, 15) is 14.9 Å². The Bertz CT molecular complexity index is 1060. The number of carbonyl (C=O) groups excluding carboxylic acids is 2. The second-order valence-corrected chi connectivity index (χ2v) is 10.6. The topological polar surface area (TPSA) is 92.6 Å². The molecular weight excluding hydrogens is 452 g/mol. The van der Waals surface area contributed by atoms with Crippen LogP contribution in [-0.4, -0.2) is 66.4 Å². The maximum Gasteiger partial charge on any atom is 0.251 e. The van der Waals surface area contributed by atoms with Crippen LogP contribution in [0.15, 0.2) is 48.8 Å². The minimum absolute atomic E-state index is 0.0526. The summed E-state index contributed by atoms with van der Waals surface area (Å²) < 4.78 is 0. The Kier molecular flexibility index (Phi) is 9.05. The molecule has 1 aromatic heterocycles. The first-order chi connectivity index (χ1) is 17.1. The Morgan fingerprint density at radius 3 is 2.53 bits per heavy atom. The normalized spacial score (nSPS) is 16.5. The summed E-state index contributed by atoms with van der Waals surface area (Å²) in [6.45, 7) is 8.27. The van der Waals surface area contributed by atoms with Crippen molar-refractivity contribution < 1.29 is 9.59 Å². The van der Waals surface area contributed by atoms with Crippen LogP contribution in [0.2, 0.25) is 0 Å². The molecule has 1 aliphatic heterocycles. The predicted octanol–water partition coefficient (Wildman–Crippen LogP) is 3.47. The van der Waals surface area contributed by atoms with Crippen molar-refractivity contribution in [2.45, 2.75) is 57.5 Å². The zero-order chi connectivity index (χ0) is 26.3. The van der Waals surface area contributed by atoms with Gasteiger partial charge >= 0.3 is 0 Å². The molecule has 1 saturated heterocycles. The maximum absolute atomic E-state index is 14.1. The molecule has 2 aromatic rings. The highest BCUT2D eigenvalue weighted by atomic mass is 16.2. The molecule has 8 nitrogen and oxygen atoms in total. The zero-order valence-electron chi connectivity index (χ0n) is 22.1. The van der Waals surface area contributed by atoms with E-state index in [0.717, 1.165) is 24.9 Å². The van der Waals surface area contributed by atoms with Gasteiger partial charge in [-0.25, -0.2) is 0 Å². The van der Waals surface area contributed by atoms with Crippen molar-refractivity contribution >= 4 is 17.5 Å². The number of amides is 2. The number of carbonyl (C=O) groups is 2. The summed E-state index contributed by atoms with van der Waals surface area (Å²) in [5.74, 6) is -0.522. The van der Waals surface area contributed by atoms with Gasteiger partial charge in [0, 0.05) is 36.7 Å². The number of nitrogens with one attached hydrogen (secondary N) is 1. The number of benzene rings is 1. The molecule has 8 heteroatoms. The van der Waals surface area contributed by atoms with Crippen molar-refractivity contribution in [1.82, 2.24) is 20.1 Å². The molecular formula is C28H38N6O2. The van der Waals surface area contributed by atoms with Gasteiger partial charge in [-0.1, -0.05) is 39.0 Å². The second kappa shape index (κ2) is 12.0. The smallest absolute Gasteiger partial charge is 0.251 e. The molecule has 0 spiro atoms. The Morgan fingerprint density at radius 2 is 1.94 bits per heavy atom. The van der Waals surface area contributed by atoms with Crippen molar-refractivity contribution in [2.75, 3.05) is 38.6 Å². The van der Waals surface area contributed by atoms with E-state index in [0.29, 0.717) is 30.8 Å². The number of hydrogen-bond acceptors (Lipinski definition) is 6. The molecule has 1 fully saturated rings. The fourth-order valence-corrected chi connectivity index (χ4v) is 4.49. The van der Waals surface area contributed by atoms with Crippen LogP contribution in [0.5, 0.6) is 0 Å². The number of hydrogen-bond donors (Lipinski definition) is 1. The highest BCUT2D eigenvalue weighted by Gasteiger charge is 2.40. The van der Waals surface area contributed by atoms with Gasteiger partial charge in [0.15, 0.2) is 6.19 Å². The number of anilines is 1. The highest BCUT2D eigenvalue weighted by molar-refractivity contribution is 6.04. The summed E-state index contributed by atoms with van der Waals surface area (Å²) in [7, 11) is 3.98. The first-order valence-corrected chi connectivity index (χ1v) is 12.6. The van der Waals surface area contributed by atoms with Crippen LogP contribution in [0.3, 0.4) is 0 Å². The Balaban J connectivity index is 2.04. The lowest BCUT2D eigenvalue weighted by Crippen LogP contribution is -2.50. The van der Waals surface area contributed by atoms with E-state index in [1.54, 1.807) is 23.4 Å². The van der Waals surface area contributed by atoms with Gasteiger partial charge in [0.25, 0.3) is 5.91 Å². The van der Waals surface area contributed by atoms with Crippen molar-refractivity contribution in [3.8, 4) is 6.19 Å². The molecule has 192 valence electrons. The van der Waals surface area contributed by atoms with Gasteiger partial charge < -0.3 is 10.2 Å². The van der Waals surface area contributed by atoms with Crippen molar-refractivity contribution in [2.24, 2.45) is 0 Å². The van der Waals surface area contributed by atoms with E-state index in [1.165, 1.54) is 4.90 Å². The van der Waals surface area contributed by atoms with Crippen LogP contribution in [0.4, 0.5) is 5.69 Å². The Morgan fingerprint density at radius 1 is 1.22 bits per heavy atom. The summed E-state index contributed by atoms with van der Waals surface area (Å²) in [5, 5.41) is 12.7. The lowest BCUT2D eigenvalue weighted by molar-refractivity contribution is -0.128. The fraction of sp³-hybridized carbons (Fsp3) is 0.500. The first kappa shape index (κ1) is 27.2. The third kappa shape index (κ3) is 6.61. The van der Waals surface area contributed by atoms with E-state index < -0.39 is 12.1 Å². The van der Waals surface area contributed by atoms with Gasteiger partial charge in [-0.05, 0) is 69.1 Å². The zero-order valence-corrected chi connectivity index (χ0v) is 22.1. The van der Waals surface area contributed by atoms with E-state index in [-0.39, 0.29) is 17.2 Å². The Hall–Kier alpha value is -3.44. The van der Waals surface area contributed by atoms with Crippen molar-refractivity contribution in [1.29, 1.82) is 5.26 Å². The number of pyridine rings is 1. The number of rotatable bonds is 9. The molecule has 0 aliphatic carbocycles. The Labute approximate surface area is 214 Å². The molecule has 36 heavy (non-hydrogen) atoms. The highest BCUT2D eigenvalue weighted by Crippen LogP contribution is 2.33. The number of nitrogens with zero attached hydrogens (tertiary/aromatic N) is 5. The molecule has 1 unspecified atom stereocenters.